The van der Waals surface area contributed by atoms with Crippen LogP contribution in [0.1, 0.15) is 17.5 Å². The van der Waals surface area contributed by atoms with E-state index in [-0.39, 0.29) is 5.95 Å². The predicted molar refractivity (Wildman–Crippen MR) is 86.8 cm³/mol. The SMILES string of the molecule is Nc1ncc(CCCc2cccc3ccccc23)c(N)n1. The number of nitrogens with two attached hydrogens (primary N) is 2. The van der Waals surface area contributed by atoms with Gasteiger partial charge in [-0.3, -0.25) is 0 Å². The number of rotatable bonds is 4. The van der Waals surface area contributed by atoms with Crippen molar-refractivity contribution >= 4 is 22.5 Å². The number of hydrogen-bond donors (Lipinski definition) is 2. The highest BCUT2D eigenvalue weighted by atomic mass is 15.0. The van der Waals surface area contributed by atoms with Crippen molar-refractivity contribution in [3.63, 3.8) is 0 Å². The maximum atomic E-state index is 5.86. The van der Waals surface area contributed by atoms with Crippen LogP contribution in [0, 0.1) is 0 Å². The molecule has 0 spiro atoms. The fourth-order valence-electron chi connectivity index (χ4n) is 2.61. The second-order valence-electron chi connectivity index (χ2n) is 5.13. The Labute approximate surface area is 123 Å². The van der Waals surface area contributed by atoms with Gasteiger partial charge in [-0.2, -0.15) is 4.98 Å². The summed E-state index contributed by atoms with van der Waals surface area (Å²) in [6.45, 7) is 0. The lowest BCUT2D eigenvalue weighted by atomic mass is 9.99. The lowest BCUT2D eigenvalue weighted by Crippen LogP contribution is -2.04. The van der Waals surface area contributed by atoms with Crippen molar-refractivity contribution < 1.29 is 0 Å². The maximum absolute atomic E-state index is 5.86. The van der Waals surface area contributed by atoms with E-state index in [1.807, 2.05) is 0 Å². The Kier molecular flexibility index (Phi) is 3.69. The highest BCUT2D eigenvalue weighted by Gasteiger charge is 2.04. The number of aromatic nitrogens is 2. The summed E-state index contributed by atoms with van der Waals surface area (Å²) in [6, 6.07) is 14.9. The maximum Gasteiger partial charge on any atom is 0.221 e. The average molecular weight is 278 g/mol. The number of nitrogen functional groups attached to an aromatic ring is 2. The summed E-state index contributed by atoms with van der Waals surface area (Å²) >= 11 is 0. The molecule has 0 saturated carbocycles. The summed E-state index contributed by atoms with van der Waals surface area (Å²) in [6.07, 6.45) is 4.59. The third-order valence-electron chi connectivity index (χ3n) is 3.69. The number of benzene rings is 2. The molecule has 21 heavy (non-hydrogen) atoms. The zero-order valence-electron chi connectivity index (χ0n) is 11.8. The normalized spacial score (nSPS) is 10.9. The summed E-state index contributed by atoms with van der Waals surface area (Å²) in [5.74, 6) is 0.714. The molecule has 2 aromatic carbocycles. The Balaban J connectivity index is 1.72. The Morgan fingerprint density at radius 1 is 0.857 bits per heavy atom. The van der Waals surface area contributed by atoms with E-state index in [2.05, 4.69) is 52.4 Å². The molecule has 0 aliphatic carbocycles. The quantitative estimate of drug-likeness (QED) is 0.769. The van der Waals surface area contributed by atoms with E-state index in [0.29, 0.717) is 5.82 Å². The smallest absolute Gasteiger partial charge is 0.221 e. The van der Waals surface area contributed by atoms with E-state index >= 15 is 0 Å². The molecule has 0 atom stereocenters. The van der Waals surface area contributed by atoms with Gasteiger partial charge in [0.1, 0.15) is 5.82 Å². The van der Waals surface area contributed by atoms with Crippen LogP contribution in [-0.2, 0) is 12.8 Å². The second kappa shape index (κ2) is 5.79. The molecule has 0 aliphatic heterocycles. The Morgan fingerprint density at radius 3 is 2.48 bits per heavy atom. The molecule has 4 heteroatoms. The van der Waals surface area contributed by atoms with E-state index in [0.717, 1.165) is 24.8 Å². The van der Waals surface area contributed by atoms with Gasteiger partial charge in [-0.05, 0) is 35.6 Å². The number of nitrogens with zero attached hydrogens (tertiary/aromatic N) is 2. The number of hydrogen-bond acceptors (Lipinski definition) is 4. The molecule has 3 rings (SSSR count). The lowest BCUT2D eigenvalue weighted by Gasteiger charge is -2.07. The van der Waals surface area contributed by atoms with Gasteiger partial charge in [0.2, 0.25) is 5.95 Å². The number of anilines is 2. The van der Waals surface area contributed by atoms with Crippen LogP contribution in [0.2, 0.25) is 0 Å². The van der Waals surface area contributed by atoms with Crippen LogP contribution in [0.3, 0.4) is 0 Å². The van der Waals surface area contributed by atoms with Crippen LogP contribution in [0.15, 0.2) is 48.7 Å². The Morgan fingerprint density at radius 2 is 1.62 bits per heavy atom. The second-order valence-corrected chi connectivity index (χ2v) is 5.13. The molecule has 106 valence electrons. The molecule has 4 nitrogen and oxygen atoms in total. The number of fused-ring (bicyclic) bond motifs is 1. The summed E-state index contributed by atoms with van der Waals surface area (Å²) in [4.78, 5) is 8.00. The molecule has 0 saturated heterocycles. The Hall–Kier alpha value is -2.62. The first-order valence-electron chi connectivity index (χ1n) is 7.07. The molecule has 4 N–H and O–H groups in total. The largest absolute Gasteiger partial charge is 0.383 e. The fourth-order valence-corrected chi connectivity index (χ4v) is 2.61. The third-order valence-corrected chi connectivity index (χ3v) is 3.69. The van der Waals surface area contributed by atoms with Gasteiger partial charge in [0.05, 0.1) is 0 Å². The molecule has 3 aromatic rings. The number of aryl methyl sites for hydroxylation is 2. The standard InChI is InChI=1S/C17H18N4/c18-16-14(11-20-17(19)21-16)9-4-8-13-7-3-6-12-5-1-2-10-15(12)13/h1-3,5-7,10-11H,4,8-9H2,(H4,18,19,20,21). The minimum absolute atomic E-state index is 0.227. The molecule has 0 radical (unpaired) electrons. The van der Waals surface area contributed by atoms with Crippen molar-refractivity contribution in [2.45, 2.75) is 19.3 Å². The molecule has 0 bridgehead atoms. The minimum Gasteiger partial charge on any atom is -0.383 e. The van der Waals surface area contributed by atoms with Crippen molar-refractivity contribution in [1.82, 2.24) is 9.97 Å². The van der Waals surface area contributed by atoms with Crippen molar-refractivity contribution in [2.75, 3.05) is 11.5 Å². The van der Waals surface area contributed by atoms with Gasteiger partial charge in [0.15, 0.2) is 0 Å². The average Bonchev–Trinajstić information content (AvgIpc) is 2.50. The van der Waals surface area contributed by atoms with Crippen LogP contribution in [-0.4, -0.2) is 9.97 Å². The first kappa shape index (κ1) is 13.4. The van der Waals surface area contributed by atoms with E-state index in [9.17, 15) is 0 Å². The fraction of sp³-hybridized carbons (Fsp3) is 0.176. The van der Waals surface area contributed by atoms with Crippen LogP contribution in [0.25, 0.3) is 10.8 Å². The first-order chi connectivity index (χ1) is 10.2. The van der Waals surface area contributed by atoms with Crippen molar-refractivity contribution in [3.8, 4) is 0 Å². The molecule has 0 fully saturated rings. The van der Waals surface area contributed by atoms with Crippen LogP contribution < -0.4 is 11.5 Å². The van der Waals surface area contributed by atoms with Gasteiger partial charge in [-0.15, -0.1) is 0 Å². The van der Waals surface area contributed by atoms with Gasteiger partial charge in [0.25, 0.3) is 0 Å². The zero-order chi connectivity index (χ0) is 14.7. The van der Waals surface area contributed by atoms with Crippen LogP contribution >= 0.6 is 0 Å². The van der Waals surface area contributed by atoms with E-state index in [1.165, 1.54) is 16.3 Å². The van der Waals surface area contributed by atoms with E-state index < -0.39 is 0 Å². The van der Waals surface area contributed by atoms with Crippen molar-refractivity contribution in [2.24, 2.45) is 0 Å². The van der Waals surface area contributed by atoms with Crippen molar-refractivity contribution in [3.05, 3.63) is 59.8 Å². The highest BCUT2D eigenvalue weighted by Crippen LogP contribution is 2.21. The van der Waals surface area contributed by atoms with Gasteiger partial charge in [-0.25, -0.2) is 4.98 Å². The van der Waals surface area contributed by atoms with E-state index in [1.54, 1.807) is 6.20 Å². The predicted octanol–water partition coefficient (Wildman–Crippen LogP) is 2.97. The van der Waals surface area contributed by atoms with Gasteiger partial charge in [-0.1, -0.05) is 42.5 Å². The van der Waals surface area contributed by atoms with Crippen molar-refractivity contribution in [1.29, 1.82) is 0 Å². The van der Waals surface area contributed by atoms with E-state index in [4.69, 9.17) is 11.5 Å². The molecular formula is C17H18N4. The Bertz CT molecular complexity index is 762. The lowest BCUT2D eigenvalue weighted by molar-refractivity contribution is 0.819. The summed E-state index contributed by atoms with van der Waals surface area (Å²) < 4.78 is 0. The van der Waals surface area contributed by atoms with Gasteiger partial charge in [0, 0.05) is 11.8 Å². The van der Waals surface area contributed by atoms with Gasteiger partial charge >= 0.3 is 0 Å². The molecule has 1 heterocycles. The zero-order valence-corrected chi connectivity index (χ0v) is 11.8. The topological polar surface area (TPSA) is 77.8 Å². The summed E-state index contributed by atoms with van der Waals surface area (Å²) in [5, 5.41) is 2.60. The molecule has 1 aromatic heterocycles. The third kappa shape index (κ3) is 2.94. The molecule has 0 amide bonds. The van der Waals surface area contributed by atoms with Crippen LogP contribution in [0.4, 0.5) is 11.8 Å². The van der Waals surface area contributed by atoms with Crippen LogP contribution in [0.5, 0.6) is 0 Å². The first-order valence-corrected chi connectivity index (χ1v) is 7.07. The highest BCUT2D eigenvalue weighted by molar-refractivity contribution is 5.85. The summed E-state index contributed by atoms with van der Waals surface area (Å²) in [5.41, 5.74) is 13.7. The summed E-state index contributed by atoms with van der Waals surface area (Å²) in [7, 11) is 0. The minimum atomic E-state index is 0.227. The molecule has 0 aliphatic rings. The monoisotopic (exact) mass is 278 g/mol. The van der Waals surface area contributed by atoms with Gasteiger partial charge < -0.3 is 11.5 Å². The molecule has 0 unspecified atom stereocenters. The molecular weight excluding hydrogens is 260 g/mol.